The van der Waals surface area contributed by atoms with E-state index in [9.17, 15) is 14.7 Å². The SMILES string of the molecule is CNC(=O)C(=O)NCCCCc1ccccc1CCCOc1ccccc1CO. The van der Waals surface area contributed by atoms with E-state index in [0.717, 1.165) is 43.4 Å². The summed E-state index contributed by atoms with van der Waals surface area (Å²) in [5, 5.41) is 14.3. The maximum Gasteiger partial charge on any atom is 0.309 e. The largest absolute Gasteiger partial charge is 0.493 e. The lowest BCUT2D eigenvalue weighted by Crippen LogP contribution is -2.38. The van der Waals surface area contributed by atoms with Crippen molar-refractivity contribution in [1.82, 2.24) is 10.6 Å². The molecule has 0 radical (unpaired) electrons. The summed E-state index contributed by atoms with van der Waals surface area (Å²) in [5.41, 5.74) is 3.42. The van der Waals surface area contributed by atoms with Gasteiger partial charge in [-0.15, -0.1) is 0 Å². The van der Waals surface area contributed by atoms with Crippen LogP contribution >= 0.6 is 0 Å². The number of carbonyl (C=O) groups excluding carboxylic acids is 2. The lowest BCUT2D eigenvalue weighted by atomic mass is 9.98. The Morgan fingerprint density at radius 3 is 2.14 bits per heavy atom. The summed E-state index contributed by atoms with van der Waals surface area (Å²) in [6.45, 7) is 1.06. The molecule has 0 heterocycles. The molecule has 3 N–H and O–H groups in total. The van der Waals surface area contributed by atoms with E-state index in [1.54, 1.807) is 0 Å². The molecule has 29 heavy (non-hydrogen) atoms. The molecule has 2 aromatic rings. The van der Waals surface area contributed by atoms with Crippen molar-refractivity contribution in [3.05, 3.63) is 65.2 Å². The van der Waals surface area contributed by atoms with Gasteiger partial charge in [0, 0.05) is 19.2 Å². The van der Waals surface area contributed by atoms with Crippen LogP contribution in [0, 0.1) is 0 Å². The Labute approximate surface area is 172 Å². The van der Waals surface area contributed by atoms with E-state index >= 15 is 0 Å². The Kier molecular flexibility index (Phi) is 9.72. The van der Waals surface area contributed by atoms with E-state index in [1.807, 2.05) is 36.4 Å². The Bertz CT molecular complexity index is 792. The number of hydrogen-bond acceptors (Lipinski definition) is 4. The van der Waals surface area contributed by atoms with Crippen molar-refractivity contribution in [2.45, 2.75) is 38.7 Å². The van der Waals surface area contributed by atoms with Crippen LogP contribution in [0.4, 0.5) is 0 Å². The molecule has 156 valence electrons. The second-order valence-corrected chi connectivity index (χ2v) is 6.78. The molecule has 0 atom stereocenters. The molecule has 0 aromatic heterocycles. The number of aryl methyl sites for hydroxylation is 2. The summed E-state index contributed by atoms with van der Waals surface area (Å²) in [6, 6.07) is 15.9. The fourth-order valence-corrected chi connectivity index (χ4v) is 3.10. The highest BCUT2D eigenvalue weighted by molar-refractivity contribution is 6.34. The molecule has 2 amide bonds. The van der Waals surface area contributed by atoms with Crippen molar-refractivity contribution in [2.75, 3.05) is 20.2 Å². The van der Waals surface area contributed by atoms with Crippen LogP contribution in [0.5, 0.6) is 5.75 Å². The van der Waals surface area contributed by atoms with Crippen molar-refractivity contribution in [2.24, 2.45) is 0 Å². The maximum absolute atomic E-state index is 11.4. The van der Waals surface area contributed by atoms with E-state index in [4.69, 9.17) is 4.74 Å². The number of amides is 2. The third-order valence-corrected chi connectivity index (χ3v) is 4.70. The third-order valence-electron chi connectivity index (χ3n) is 4.70. The monoisotopic (exact) mass is 398 g/mol. The Morgan fingerprint density at radius 2 is 1.48 bits per heavy atom. The number of likely N-dealkylation sites (N-methyl/N-ethyl adjacent to an activating group) is 1. The van der Waals surface area contributed by atoms with E-state index in [-0.39, 0.29) is 6.61 Å². The molecule has 0 saturated heterocycles. The van der Waals surface area contributed by atoms with Gasteiger partial charge in [0.05, 0.1) is 13.2 Å². The summed E-state index contributed by atoms with van der Waals surface area (Å²) < 4.78 is 5.82. The molecule has 0 aliphatic rings. The highest BCUT2D eigenvalue weighted by Crippen LogP contribution is 2.19. The third kappa shape index (κ3) is 7.58. The quantitative estimate of drug-likeness (QED) is 0.401. The molecule has 0 fully saturated rings. The first-order chi connectivity index (χ1) is 14.2. The van der Waals surface area contributed by atoms with E-state index in [0.29, 0.717) is 13.2 Å². The second kappa shape index (κ2) is 12.6. The number of hydrogen-bond donors (Lipinski definition) is 3. The van der Waals surface area contributed by atoms with E-state index in [1.165, 1.54) is 18.2 Å². The Hall–Kier alpha value is -2.86. The average molecular weight is 399 g/mol. The molecule has 2 rings (SSSR count). The summed E-state index contributed by atoms with van der Waals surface area (Å²) >= 11 is 0. The number of benzene rings is 2. The number of nitrogens with one attached hydrogen (secondary N) is 2. The van der Waals surface area contributed by atoms with Crippen molar-refractivity contribution in [3.63, 3.8) is 0 Å². The number of aliphatic hydroxyl groups is 1. The molecule has 0 aliphatic carbocycles. The van der Waals surface area contributed by atoms with Crippen LogP contribution in [0.1, 0.15) is 36.0 Å². The Morgan fingerprint density at radius 1 is 0.862 bits per heavy atom. The van der Waals surface area contributed by atoms with Gasteiger partial charge >= 0.3 is 11.8 Å². The van der Waals surface area contributed by atoms with Gasteiger partial charge in [-0.25, -0.2) is 0 Å². The van der Waals surface area contributed by atoms with E-state index in [2.05, 4.69) is 22.8 Å². The van der Waals surface area contributed by atoms with Gasteiger partial charge in [-0.1, -0.05) is 42.5 Å². The topological polar surface area (TPSA) is 87.7 Å². The second-order valence-electron chi connectivity index (χ2n) is 6.78. The van der Waals surface area contributed by atoms with Crippen LogP contribution in [-0.2, 0) is 29.0 Å². The molecule has 0 saturated carbocycles. The first-order valence-corrected chi connectivity index (χ1v) is 10.0. The highest BCUT2D eigenvalue weighted by Gasteiger charge is 2.09. The predicted octanol–water partition coefficient (Wildman–Crippen LogP) is 2.38. The molecule has 0 bridgehead atoms. The molecule has 0 unspecified atom stereocenters. The maximum atomic E-state index is 11.4. The van der Waals surface area contributed by atoms with Crippen LogP contribution in [-0.4, -0.2) is 37.1 Å². The first kappa shape index (κ1) is 22.4. The predicted molar refractivity (Wildman–Crippen MR) is 113 cm³/mol. The molecular weight excluding hydrogens is 368 g/mol. The van der Waals surface area contributed by atoms with Crippen molar-refractivity contribution in [1.29, 1.82) is 0 Å². The summed E-state index contributed by atoms with van der Waals surface area (Å²) in [5.74, 6) is -0.461. The van der Waals surface area contributed by atoms with Crippen molar-refractivity contribution >= 4 is 11.8 Å². The van der Waals surface area contributed by atoms with Gasteiger partial charge in [0.25, 0.3) is 0 Å². The van der Waals surface area contributed by atoms with Gasteiger partial charge < -0.3 is 20.5 Å². The Balaban J connectivity index is 1.72. The summed E-state index contributed by atoms with van der Waals surface area (Å²) in [7, 11) is 1.44. The summed E-state index contributed by atoms with van der Waals surface area (Å²) in [4.78, 5) is 22.5. The van der Waals surface area contributed by atoms with Gasteiger partial charge in [-0.3, -0.25) is 9.59 Å². The highest BCUT2D eigenvalue weighted by atomic mass is 16.5. The first-order valence-electron chi connectivity index (χ1n) is 10.0. The fourth-order valence-electron chi connectivity index (χ4n) is 3.10. The number of unbranched alkanes of at least 4 members (excludes halogenated alkanes) is 1. The normalized spacial score (nSPS) is 10.4. The minimum atomic E-state index is -0.612. The lowest BCUT2D eigenvalue weighted by Gasteiger charge is -2.12. The molecule has 0 aliphatic heterocycles. The molecular formula is C23H30N2O4. The fraction of sp³-hybridized carbons (Fsp3) is 0.391. The van der Waals surface area contributed by atoms with Crippen LogP contribution in [0.15, 0.2) is 48.5 Å². The van der Waals surface area contributed by atoms with Crippen LogP contribution in [0.25, 0.3) is 0 Å². The number of para-hydroxylation sites is 1. The molecule has 6 nitrogen and oxygen atoms in total. The zero-order valence-electron chi connectivity index (χ0n) is 16.9. The zero-order chi connectivity index (χ0) is 20.9. The van der Waals surface area contributed by atoms with Crippen molar-refractivity contribution in [3.8, 4) is 5.75 Å². The minimum Gasteiger partial charge on any atom is -0.493 e. The van der Waals surface area contributed by atoms with Crippen LogP contribution < -0.4 is 15.4 Å². The van der Waals surface area contributed by atoms with Crippen molar-refractivity contribution < 1.29 is 19.4 Å². The minimum absolute atomic E-state index is 0.0252. The van der Waals surface area contributed by atoms with Crippen LogP contribution in [0.3, 0.4) is 0 Å². The van der Waals surface area contributed by atoms with Gasteiger partial charge in [0.2, 0.25) is 0 Å². The van der Waals surface area contributed by atoms with Gasteiger partial charge in [0.1, 0.15) is 5.75 Å². The number of aliphatic hydroxyl groups excluding tert-OH is 1. The molecule has 6 heteroatoms. The van der Waals surface area contributed by atoms with Gasteiger partial charge in [0.15, 0.2) is 0 Å². The smallest absolute Gasteiger partial charge is 0.309 e. The van der Waals surface area contributed by atoms with Gasteiger partial charge in [-0.05, 0) is 49.3 Å². The number of ether oxygens (including phenoxy) is 1. The summed E-state index contributed by atoms with van der Waals surface area (Å²) in [6.07, 6.45) is 4.49. The van der Waals surface area contributed by atoms with Gasteiger partial charge in [-0.2, -0.15) is 0 Å². The van der Waals surface area contributed by atoms with E-state index < -0.39 is 11.8 Å². The molecule has 2 aromatic carbocycles. The number of rotatable bonds is 11. The van der Waals surface area contributed by atoms with Crippen LogP contribution in [0.2, 0.25) is 0 Å². The number of carbonyl (C=O) groups is 2. The standard InChI is InChI=1S/C23H30N2O4/c1-24-22(27)23(28)25-15-7-6-11-18-9-2-3-10-19(18)13-8-16-29-21-14-5-4-12-20(21)17-26/h2-5,9-10,12,14,26H,6-8,11,13,15-17H2,1H3,(H,24,27)(H,25,28). The zero-order valence-corrected chi connectivity index (χ0v) is 16.9. The lowest BCUT2D eigenvalue weighted by molar-refractivity contribution is -0.138. The average Bonchev–Trinajstić information content (AvgIpc) is 2.76. The molecule has 0 spiro atoms.